The van der Waals surface area contributed by atoms with E-state index in [1.54, 1.807) is 0 Å². The van der Waals surface area contributed by atoms with Crippen LogP contribution in [0.15, 0.2) is 33.2 Å². The van der Waals surface area contributed by atoms with Gasteiger partial charge in [-0.2, -0.15) is 0 Å². The number of nitrogens with zero attached hydrogens (tertiary/aromatic N) is 2. The van der Waals surface area contributed by atoms with Crippen LogP contribution in [0.4, 0.5) is 0 Å². The van der Waals surface area contributed by atoms with Gasteiger partial charge in [0.25, 0.3) is 0 Å². The van der Waals surface area contributed by atoms with Gasteiger partial charge in [-0.25, -0.2) is 0 Å². The van der Waals surface area contributed by atoms with E-state index in [1.807, 2.05) is 24.3 Å². The summed E-state index contributed by atoms with van der Waals surface area (Å²) in [5.74, 6) is 1.17. The van der Waals surface area contributed by atoms with Crippen LogP contribution in [0.2, 0.25) is 0 Å². The van der Waals surface area contributed by atoms with Crippen LogP contribution in [-0.2, 0) is 6.54 Å². The Hall–Kier alpha value is -1.20. The highest BCUT2D eigenvalue weighted by atomic mass is 79.9. The zero-order chi connectivity index (χ0) is 13.7. The highest BCUT2D eigenvalue weighted by Gasteiger charge is 2.12. The summed E-state index contributed by atoms with van der Waals surface area (Å²) in [6.07, 6.45) is 2.20. The second kappa shape index (κ2) is 6.82. The third-order valence-corrected chi connectivity index (χ3v) is 3.79. The molecule has 19 heavy (non-hydrogen) atoms. The van der Waals surface area contributed by atoms with Crippen molar-refractivity contribution in [3.8, 4) is 11.5 Å². The first kappa shape index (κ1) is 14.2. The SMILES string of the molecule is CCC(CC)NCc1nnc(-c2ccccc2Br)o1. The van der Waals surface area contributed by atoms with Crippen molar-refractivity contribution in [3.63, 3.8) is 0 Å². The van der Waals surface area contributed by atoms with Crippen LogP contribution in [0.5, 0.6) is 0 Å². The molecule has 1 aromatic carbocycles. The van der Waals surface area contributed by atoms with E-state index in [0.717, 1.165) is 22.9 Å². The standard InChI is InChI=1S/C14H18BrN3O/c1-3-10(4-2)16-9-13-17-18-14(19-13)11-7-5-6-8-12(11)15/h5-8,10,16H,3-4,9H2,1-2H3. The molecular weight excluding hydrogens is 306 g/mol. The fourth-order valence-corrected chi connectivity index (χ4v) is 2.33. The molecule has 1 N–H and O–H groups in total. The van der Waals surface area contributed by atoms with Crippen LogP contribution in [-0.4, -0.2) is 16.2 Å². The average molecular weight is 324 g/mol. The normalized spacial score (nSPS) is 11.2. The van der Waals surface area contributed by atoms with E-state index in [2.05, 4.69) is 45.3 Å². The predicted molar refractivity (Wildman–Crippen MR) is 78.6 cm³/mol. The van der Waals surface area contributed by atoms with Crippen molar-refractivity contribution < 1.29 is 4.42 Å². The molecule has 0 bridgehead atoms. The number of rotatable bonds is 6. The Morgan fingerprint density at radius 3 is 2.63 bits per heavy atom. The van der Waals surface area contributed by atoms with E-state index < -0.39 is 0 Å². The number of hydrogen-bond donors (Lipinski definition) is 1. The first-order valence-electron chi connectivity index (χ1n) is 6.55. The van der Waals surface area contributed by atoms with Crippen molar-refractivity contribution in [3.05, 3.63) is 34.6 Å². The van der Waals surface area contributed by atoms with Crippen molar-refractivity contribution in [2.45, 2.75) is 39.3 Å². The lowest BCUT2D eigenvalue weighted by Crippen LogP contribution is -2.27. The fraction of sp³-hybridized carbons (Fsp3) is 0.429. The molecule has 0 atom stereocenters. The van der Waals surface area contributed by atoms with Gasteiger partial charge in [0.1, 0.15) is 0 Å². The minimum atomic E-state index is 0.499. The first-order valence-corrected chi connectivity index (χ1v) is 7.34. The third kappa shape index (κ3) is 3.64. The van der Waals surface area contributed by atoms with Crippen LogP contribution >= 0.6 is 15.9 Å². The molecule has 0 spiro atoms. The van der Waals surface area contributed by atoms with Gasteiger partial charge < -0.3 is 9.73 Å². The molecule has 0 saturated heterocycles. The molecule has 0 unspecified atom stereocenters. The fourth-order valence-electron chi connectivity index (χ4n) is 1.88. The van der Waals surface area contributed by atoms with E-state index in [4.69, 9.17) is 4.42 Å². The summed E-state index contributed by atoms with van der Waals surface area (Å²) in [5.41, 5.74) is 0.920. The molecule has 102 valence electrons. The van der Waals surface area contributed by atoms with Gasteiger partial charge in [-0.3, -0.25) is 0 Å². The molecule has 2 rings (SSSR count). The molecule has 0 aliphatic heterocycles. The van der Waals surface area contributed by atoms with Gasteiger partial charge in [0.2, 0.25) is 11.8 Å². The summed E-state index contributed by atoms with van der Waals surface area (Å²) < 4.78 is 6.63. The van der Waals surface area contributed by atoms with Crippen LogP contribution in [0, 0.1) is 0 Å². The lowest BCUT2D eigenvalue weighted by Gasteiger charge is -2.12. The predicted octanol–water partition coefficient (Wildman–Crippen LogP) is 3.78. The van der Waals surface area contributed by atoms with E-state index in [1.165, 1.54) is 0 Å². The number of benzene rings is 1. The average Bonchev–Trinajstić information content (AvgIpc) is 2.89. The summed E-state index contributed by atoms with van der Waals surface area (Å²) in [6, 6.07) is 8.32. The van der Waals surface area contributed by atoms with Gasteiger partial charge in [0.05, 0.1) is 12.1 Å². The quantitative estimate of drug-likeness (QED) is 0.879. The van der Waals surface area contributed by atoms with E-state index in [-0.39, 0.29) is 0 Å². The Labute approximate surface area is 121 Å². The van der Waals surface area contributed by atoms with Crippen molar-refractivity contribution in [2.24, 2.45) is 0 Å². The van der Waals surface area contributed by atoms with Gasteiger partial charge in [0.15, 0.2) is 0 Å². The Kier molecular flexibility index (Phi) is 5.10. The number of aromatic nitrogens is 2. The molecule has 0 aliphatic rings. The summed E-state index contributed by atoms with van der Waals surface area (Å²) >= 11 is 3.48. The number of halogens is 1. The molecule has 1 aromatic heterocycles. The van der Waals surface area contributed by atoms with Gasteiger partial charge in [-0.05, 0) is 40.9 Å². The topological polar surface area (TPSA) is 51.0 Å². The zero-order valence-electron chi connectivity index (χ0n) is 11.2. The second-order valence-corrected chi connectivity index (χ2v) is 5.23. The molecule has 2 aromatic rings. The molecular formula is C14H18BrN3O. The lowest BCUT2D eigenvalue weighted by atomic mass is 10.2. The Bertz CT molecular complexity index is 523. The maximum Gasteiger partial charge on any atom is 0.248 e. The van der Waals surface area contributed by atoms with Crippen molar-refractivity contribution in [1.82, 2.24) is 15.5 Å². The molecule has 0 radical (unpaired) electrons. The van der Waals surface area contributed by atoms with Gasteiger partial charge in [-0.15, -0.1) is 10.2 Å². The molecule has 0 saturated carbocycles. The van der Waals surface area contributed by atoms with Crippen molar-refractivity contribution in [1.29, 1.82) is 0 Å². The van der Waals surface area contributed by atoms with Crippen LogP contribution < -0.4 is 5.32 Å². The summed E-state index contributed by atoms with van der Waals surface area (Å²) in [7, 11) is 0. The third-order valence-electron chi connectivity index (χ3n) is 3.10. The Morgan fingerprint density at radius 2 is 1.95 bits per heavy atom. The van der Waals surface area contributed by atoms with Gasteiger partial charge in [0, 0.05) is 10.5 Å². The zero-order valence-corrected chi connectivity index (χ0v) is 12.8. The molecule has 0 fully saturated rings. The van der Waals surface area contributed by atoms with E-state index in [9.17, 15) is 0 Å². The molecule has 5 heteroatoms. The van der Waals surface area contributed by atoms with Crippen LogP contribution in [0.1, 0.15) is 32.6 Å². The van der Waals surface area contributed by atoms with Gasteiger partial charge >= 0.3 is 0 Å². The minimum absolute atomic E-state index is 0.499. The maximum atomic E-state index is 5.68. The minimum Gasteiger partial charge on any atom is -0.419 e. The smallest absolute Gasteiger partial charge is 0.248 e. The van der Waals surface area contributed by atoms with Crippen molar-refractivity contribution in [2.75, 3.05) is 0 Å². The number of hydrogen-bond acceptors (Lipinski definition) is 4. The Balaban J connectivity index is 2.05. The van der Waals surface area contributed by atoms with E-state index in [0.29, 0.717) is 24.4 Å². The highest BCUT2D eigenvalue weighted by molar-refractivity contribution is 9.10. The summed E-state index contributed by atoms with van der Waals surface area (Å²) in [4.78, 5) is 0. The van der Waals surface area contributed by atoms with Crippen LogP contribution in [0.3, 0.4) is 0 Å². The van der Waals surface area contributed by atoms with Gasteiger partial charge in [-0.1, -0.05) is 26.0 Å². The highest BCUT2D eigenvalue weighted by Crippen LogP contribution is 2.26. The molecule has 1 heterocycles. The summed E-state index contributed by atoms with van der Waals surface area (Å²) in [5, 5.41) is 11.6. The van der Waals surface area contributed by atoms with Crippen molar-refractivity contribution >= 4 is 15.9 Å². The lowest BCUT2D eigenvalue weighted by molar-refractivity contribution is 0.424. The second-order valence-electron chi connectivity index (χ2n) is 4.38. The summed E-state index contributed by atoms with van der Waals surface area (Å²) in [6.45, 7) is 4.95. The Morgan fingerprint density at radius 1 is 1.21 bits per heavy atom. The largest absolute Gasteiger partial charge is 0.419 e. The van der Waals surface area contributed by atoms with Crippen LogP contribution in [0.25, 0.3) is 11.5 Å². The first-order chi connectivity index (χ1) is 9.24. The van der Waals surface area contributed by atoms with E-state index >= 15 is 0 Å². The number of nitrogens with one attached hydrogen (secondary N) is 1. The molecule has 0 aliphatic carbocycles. The molecule has 4 nitrogen and oxygen atoms in total. The molecule has 0 amide bonds. The monoisotopic (exact) mass is 323 g/mol. The maximum absolute atomic E-state index is 5.68.